The van der Waals surface area contributed by atoms with Gasteiger partial charge in [-0.15, -0.1) is 10.2 Å². The lowest BCUT2D eigenvalue weighted by atomic mass is 10.3. The van der Waals surface area contributed by atoms with Crippen LogP contribution in [0.15, 0.2) is 64.5 Å². The van der Waals surface area contributed by atoms with E-state index in [4.69, 9.17) is 0 Å². The zero-order valence-electron chi connectivity index (χ0n) is 15.4. The molecule has 0 atom stereocenters. The van der Waals surface area contributed by atoms with Crippen LogP contribution in [-0.2, 0) is 6.54 Å². The maximum absolute atomic E-state index is 12.2. The first-order valence-corrected chi connectivity index (χ1v) is 10.6. The normalized spacial score (nSPS) is 14.0. The highest BCUT2D eigenvalue weighted by atomic mass is 32.2. The molecule has 2 aromatic heterocycles. The molecule has 142 valence electrons. The lowest BCUT2D eigenvalue weighted by Gasteiger charge is -2.09. The molecule has 0 aliphatic heterocycles. The Morgan fingerprint density at radius 3 is 2.64 bits per heavy atom. The van der Waals surface area contributed by atoms with Crippen molar-refractivity contribution < 1.29 is 0 Å². The first-order chi connectivity index (χ1) is 13.8. The summed E-state index contributed by atoms with van der Waals surface area (Å²) < 4.78 is 4.01. The molecule has 2 aromatic carbocycles. The fraction of sp³-hybridized carbons (Fsp3) is 0.286. The number of aromatic amines is 1. The molecule has 0 unspecified atom stereocenters. The van der Waals surface area contributed by atoms with Crippen molar-refractivity contribution in [2.45, 2.75) is 36.9 Å². The van der Waals surface area contributed by atoms with E-state index in [-0.39, 0.29) is 5.69 Å². The van der Waals surface area contributed by atoms with Gasteiger partial charge in [0.1, 0.15) is 5.82 Å². The van der Waals surface area contributed by atoms with Gasteiger partial charge in [-0.1, -0.05) is 42.1 Å². The molecule has 1 fully saturated rings. The second-order valence-corrected chi connectivity index (χ2v) is 8.15. The Hall–Kier alpha value is -2.80. The van der Waals surface area contributed by atoms with Crippen LogP contribution in [0.2, 0.25) is 0 Å². The van der Waals surface area contributed by atoms with Crippen molar-refractivity contribution in [1.82, 2.24) is 24.3 Å². The van der Waals surface area contributed by atoms with Gasteiger partial charge in [-0.25, -0.2) is 4.79 Å². The number of hydrogen-bond donors (Lipinski definition) is 1. The van der Waals surface area contributed by atoms with Gasteiger partial charge in [0.25, 0.3) is 0 Å². The van der Waals surface area contributed by atoms with Crippen molar-refractivity contribution >= 4 is 22.8 Å². The minimum absolute atomic E-state index is 0.0466. The molecular weight excluding hydrogens is 370 g/mol. The fourth-order valence-corrected chi connectivity index (χ4v) is 4.40. The third-order valence-corrected chi connectivity index (χ3v) is 6.07. The minimum atomic E-state index is -0.0466. The summed E-state index contributed by atoms with van der Waals surface area (Å²) in [5.41, 5.74) is 2.92. The van der Waals surface area contributed by atoms with E-state index >= 15 is 0 Å². The zero-order chi connectivity index (χ0) is 18.9. The van der Waals surface area contributed by atoms with E-state index in [1.165, 1.54) is 12.8 Å². The molecule has 1 aliphatic carbocycles. The molecule has 2 heterocycles. The second-order valence-electron chi connectivity index (χ2n) is 7.09. The maximum atomic E-state index is 12.2. The van der Waals surface area contributed by atoms with Crippen LogP contribution in [0.3, 0.4) is 0 Å². The first-order valence-electron chi connectivity index (χ1n) is 9.62. The SMILES string of the molecule is O=c1[nH]c2ccccc2n1CCCSc1nnc(C2CC2)n1-c1ccccc1. The monoisotopic (exact) mass is 391 g/mol. The molecule has 7 heteroatoms. The Kier molecular flexibility index (Phi) is 4.52. The summed E-state index contributed by atoms with van der Waals surface area (Å²) in [6.45, 7) is 0.685. The van der Waals surface area contributed by atoms with E-state index in [0.717, 1.165) is 39.9 Å². The van der Waals surface area contributed by atoms with Crippen LogP contribution in [0.4, 0.5) is 0 Å². The van der Waals surface area contributed by atoms with Crippen molar-refractivity contribution in [1.29, 1.82) is 0 Å². The molecule has 0 saturated heterocycles. The van der Waals surface area contributed by atoms with Gasteiger partial charge in [0, 0.05) is 23.9 Å². The first kappa shape index (κ1) is 17.3. The van der Waals surface area contributed by atoms with Crippen molar-refractivity contribution in [3.05, 3.63) is 70.9 Å². The number of imidazole rings is 1. The number of fused-ring (bicyclic) bond motifs is 1. The van der Waals surface area contributed by atoms with Crippen LogP contribution in [0.5, 0.6) is 0 Å². The van der Waals surface area contributed by atoms with Crippen molar-refractivity contribution in [2.75, 3.05) is 5.75 Å². The van der Waals surface area contributed by atoms with Crippen LogP contribution >= 0.6 is 11.8 Å². The molecule has 4 aromatic rings. The number of para-hydroxylation sites is 3. The summed E-state index contributed by atoms with van der Waals surface area (Å²) in [5.74, 6) is 2.48. The van der Waals surface area contributed by atoms with Gasteiger partial charge in [0.2, 0.25) is 0 Å². The average Bonchev–Trinajstić information content (AvgIpc) is 3.40. The largest absolute Gasteiger partial charge is 0.326 e. The number of nitrogens with zero attached hydrogens (tertiary/aromatic N) is 4. The molecule has 0 spiro atoms. The molecule has 1 saturated carbocycles. The quantitative estimate of drug-likeness (QED) is 0.382. The Bertz CT molecular complexity index is 1160. The molecule has 0 amide bonds. The Morgan fingerprint density at radius 1 is 1.04 bits per heavy atom. The highest BCUT2D eigenvalue weighted by Crippen LogP contribution is 2.41. The van der Waals surface area contributed by atoms with Gasteiger partial charge < -0.3 is 4.98 Å². The predicted molar refractivity (Wildman–Crippen MR) is 111 cm³/mol. The van der Waals surface area contributed by atoms with E-state index in [0.29, 0.717) is 12.5 Å². The average molecular weight is 392 g/mol. The van der Waals surface area contributed by atoms with Crippen LogP contribution in [0.1, 0.15) is 31.0 Å². The number of hydrogen-bond acceptors (Lipinski definition) is 4. The predicted octanol–water partition coefficient (Wildman–Crippen LogP) is 3.97. The Balaban J connectivity index is 1.31. The Labute approximate surface area is 166 Å². The van der Waals surface area contributed by atoms with Crippen molar-refractivity contribution in [3.63, 3.8) is 0 Å². The van der Waals surface area contributed by atoms with Crippen LogP contribution in [0.25, 0.3) is 16.7 Å². The number of aromatic nitrogens is 5. The topological polar surface area (TPSA) is 68.5 Å². The van der Waals surface area contributed by atoms with Crippen molar-refractivity contribution in [2.24, 2.45) is 0 Å². The standard InChI is InChI=1S/C21H21N5OS/c27-20-22-17-9-4-5-10-18(17)25(20)13-6-14-28-21-24-23-19(15-11-12-15)26(21)16-7-2-1-3-8-16/h1-5,7-10,15H,6,11-14H2,(H,22,27). The lowest BCUT2D eigenvalue weighted by molar-refractivity contribution is 0.678. The summed E-state index contributed by atoms with van der Waals surface area (Å²) in [5, 5.41) is 9.86. The van der Waals surface area contributed by atoms with Gasteiger partial charge in [-0.2, -0.15) is 0 Å². The number of nitrogens with one attached hydrogen (secondary N) is 1. The van der Waals surface area contributed by atoms with E-state index in [2.05, 4.69) is 31.9 Å². The van der Waals surface area contributed by atoms with Gasteiger partial charge in [-0.05, 0) is 43.5 Å². The number of aryl methyl sites for hydroxylation is 1. The van der Waals surface area contributed by atoms with Gasteiger partial charge in [0.05, 0.1) is 11.0 Å². The number of rotatable bonds is 7. The smallest absolute Gasteiger partial charge is 0.306 e. The molecule has 1 aliphatic rings. The minimum Gasteiger partial charge on any atom is -0.306 e. The molecular formula is C21H21N5OS. The van der Waals surface area contributed by atoms with Gasteiger partial charge >= 0.3 is 5.69 Å². The molecule has 6 nitrogen and oxygen atoms in total. The third-order valence-electron chi connectivity index (χ3n) is 5.05. The van der Waals surface area contributed by atoms with Crippen LogP contribution in [-0.4, -0.2) is 30.1 Å². The van der Waals surface area contributed by atoms with Gasteiger partial charge in [-0.3, -0.25) is 9.13 Å². The number of thioether (sulfide) groups is 1. The summed E-state index contributed by atoms with van der Waals surface area (Å²) in [6, 6.07) is 18.1. The molecule has 5 rings (SSSR count). The number of H-pyrrole nitrogens is 1. The summed E-state index contributed by atoms with van der Waals surface area (Å²) >= 11 is 1.70. The van der Waals surface area contributed by atoms with E-state index in [1.807, 2.05) is 47.0 Å². The number of benzene rings is 2. The zero-order valence-corrected chi connectivity index (χ0v) is 16.2. The third kappa shape index (κ3) is 3.26. The van der Waals surface area contributed by atoms with E-state index in [1.54, 1.807) is 11.8 Å². The fourth-order valence-electron chi connectivity index (χ4n) is 3.52. The van der Waals surface area contributed by atoms with Crippen LogP contribution in [0, 0.1) is 0 Å². The highest BCUT2D eigenvalue weighted by Gasteiger charge is 2.30. The summed E-state index contributed by atoms with van der Waals surface area (Å²) in [4.78, 5) is 15.1. The maximum Gasteiger partial charge on any atom is 0.326 e. The lowest BCUT2D eigenvalue weighted by Crippen LogP contribution is -2.17. The highest BCUT2D eigenvalue weighted by molar-refractivity contribution is 7.99. The molecule has 1 N–H and O–H groups in total. The summed E-state index contributed by atoms with van der Waals surface area (Å²) in [6.07, 6.45) is 3.27. The molecule has 28 heavy (non-hydrogen) atoms. The summed E-state index contributed by atoms with van der Waals surface area (Å²) in [7, 11) is 0. The van der Waals surface area contributed by atoms with E-state index in [9.17, 15) is 4.79 Å². The Morgan fingerprint density at radius 2 is 1.82 bits per heavy atom. The molecule has 0 bridgehead atoms. The second kappa shape index (κ2) is 7.31. The van der Waals surface area contributed by atoms with E-state index < -0.39 is 0 Å². The molecule has 0 radical (unpaired) electrons. The van der Waals surface area contributed by atoms with Gasteiger partial charge in [0.15, 0.2) is 5.16 Å². The van der Waals surface area contributed by atoms with Crippen molar-refractivity contribution in [3.8, 4) is 5.69 Å². The van der Waals surface area contributed by atoms with Crippen LogP contribution < -0.4 is 5.69 Å².